The number of oxime groups is 1. The molecule has 0 bridgehead atoms. The molecule has 6 heteroatoms. The Morgan fingerprint density at radius 3 is 2.63 bits per heavy atom. The maximum atomic E-state index is 12.3. The molecule has 3 N–H and O–H groups in total. The van der Waals surface area contributed by atoms with Gasteiger partial charge in [0.15, 0.2) is 5.84 Å². The summed E-state index contributed by atoms with van der Waals surface area (Å²) in [7, 11) is 0. The molecule has 0 radical (unpaired) electrons. The van der Waals surface area contributed by atoms with Gasteiger partial charge >= 0.3 is 0 Å². The van der Waals surface area contributed by atoms with Crippen molar-refractivity contribution in [2.24, 2.45) is 10.9 Å². The normalized spacial score (nSPS) is 20.4. The fourth-order valence-electron chi connectivity index (χ4n) is 2.03. The third-order valence-corrected chi connectivity index (χ3v) is 4.20. The molecule has 1 amide bonds. The fourth-order valence-corrected chi connectivity index (χ4v) is 3.04. The van der Waals surface area contributed by atoms with Crippen LogP contribution in [0.25, 0.3) is 0 Å². The van der Waals surface area contributed by atoms with Crippen LogP contribution in [0.4, 0.5) is 0 Å². The third kappa shape index (κ3) is 3.20. The van der Waals surface area contributed by atoms with E-state index in [0.29, 0.717) is 16.4 Å². The van der Waals surface area contributed by atoms with Gasteiger partial charge in [-0.2, -0.15) is 11.8 Å². The summed E-state index contributed by atoms with van der Waals surface area (Å²) >= 11 is 1.89. The molecular formula is C13H17N3O2S. The Labute approximate surface area is 116 Å². The van der Waals surface area contributed by atoms with Crippen molar-refractivity contribution in [3.05, 3.63) is 35.4 Å². The standard InChI is InChI=1S/C13H17N3O2S/c1-9-8-16(6-7-19-9)13(17)11-4-2-10(3-5-11)12(14)15-18/h2-5,9,18H,6-8H2,1H3,(H2,14,15). The minimum Gasteiger partial charge on any atom is -0.409 e. The van der Waals surface area contributed by atoms with Crippen molar-refractivity contribution >= 4 is 23.5 Å². The van der Waals surface area contributed by atoms with Gasteiger partial charge in [-0.15, -0.1) is 0 Å². The molecule has 0 aromatic heterocycles. The number of benzene rings is 1. The SMILES string of the molecule is CC1CN(C(=O)c2ccc(/C(N)=N/O)cc2)CCS1. The predicted molar refractivity (Wildman–Crippen MR) is 76.8 cm³/mol. The molecule has 1 aliphatic heterocycles. The smallest absolute Gasteiger partial charge is 0.253 e. The van der Waals surface area contributed by atoms with Gasteiger partial charge < -0.3 is 15.8 Å². The molecule has 1 fully saturated rings. The van der Waals surface area contributed by atoms with E-state index in [2.05, 4.69) is 12.1 Å². The van der Waals surface area contributed by atoms with Gasteiger partial charge in [-0.3, -0.25) is 4.79 Å². The first-order valence-electron chi connectivity index (χ1n) is 6.10. The molecule has 1 heterocycles. The lowest BCUT2D eigenvalue weighted by atomic mass is 10.1. The first kappa shape index (κ1) is 13.7. The van der Waals surface area contributed by atoms with Crippen LogP contribution in [0.2, 0.25) is 0 Å². The number of thioether (sulfide) groups is 1. The third-order valence-electron chi connectivity index (χ3n) is 3.06. The zero-order valence-corrected chi connectivity index (χ0v) is 11.6. The molecule has 5 nitrogen and oxygen atoms in total. The summed E-state index contributed by atoms with van der Waals surface area (Å²) in [6.07, 6.45) is 0. The van der Waals surface area contributed by atoms with Crippen LogP contribution in [-0.2, 0) is 0 Å². The van der Waals surface area contributed by atoms with Crippen LogP contribution in [0.1, 0.15) is 22.8 Å². The number of nitrogens with two attached hydrogens (primary N) is 1. The Balaban J connectivity index is 2.11. The minimum absolute atomic E-state index is 0.0400. The van der Waals surface area contributed by atoms with Crippen LogP contribution >= 0.6 is 11.8 Å². The van der Waals surface area contributed by atoms with E-state index in [9.17, 15) is 4.79 Å². The molecule has 1 aromatic rings. The molecule has 19 heavy (non-hydrogen) atoms. The first-order chi connectivity index (χ1) is 9.11. The number of hydrogen-bond donors (Lipinski definition) is 2. The number of amidine groups is 1. The summed E-state index contributed by atoms with van der Waals surface area (Å²) < 4.78 is 0. The van der Waals surface area contributed by atoms with Crippen molar-refractivity contribution in [1.82, 2.24) is 4.90 Å². The van der Waals surface area contributed by atoms with E-state index in [0.717, 1.165) is 18.8 Å². The molecule has 1 aromatic carbocycles. The van der Waals surface area contributed by atoms with Gasteiger partial charge in [0, 0.05) is 35.2 Å². The van der Waals surface area contributed by atoms with Gasteiger partial charge in [0.05, 0.1) is 0 Å². The molecule has 0 spiro atoms. The maximum absolute atomic E-state index is 12.3. The van der Waals surface area contributed by atoms with Gasteiger partial charge in [-0.25, -0.2) is 0 Å². The van der Waals surface area contributed by atoms with E-state index in [1.807, 2.05) is 16.7 Å². The van der Waals surface area contributed by atoms with E-state index < -0.39 is 0 Å². The monoisotopic (exact) mass is 279 g/mol. The minimum atomic E-state index is 0.0400. The summed E-state index contributed by atoms with van der Waals surface area (Å²) in [6.45, 7) is 3.70. The van der Waals surface area contributed by atoms with E-state index >= 15 is 0 Å². The molecule has 102 valence electrons. The van der Waals surface area contributed by atoms with Crippen molar-refractivity contribution in [2.75, 3.05) is 18.8 Å². The molecule has 1 saturated heterocycles. The zero-order valence-electron chi connectivity index (χ0n) is 10.7. The number of nitrogens with zero attached hydrogens (tertiary/aromatic N) is 2. The number of carbonyl (C=O) groups excluding carboxylic acids is 1. The second-order valence-electron chi connectivity index (χ2n) is 4.50. The number of amides is 1. The number of carbonyl (C=O) groups is 1. The molecule has 0 saturated carbocycles. The lowest BCUT2D eigenvalue weighted by molar-refractivity contribution is 0.0763. The van der Waals surface area contributed by atoms with Gasteiger partial charge in [0.25, 0.3) is 5.91 Å². The topological polar surface area (TPSA) is 78.9 Å². The van der Waals surface area contributed by atoms with Crippen molar-refractivity contribution in [1.29, 1.82) is 0 Å². The zero-order chi connectivity index (χ0) is 13.8. The summed E-state index contributed by atoms with van der Waals surface area (Å²) in [5, 5.41) is 12.0. The highest BCUT2D eigenvalue weighted by Crippen LogP contribution is 2.19. The highest BCUT2D eigenvalue weighted by atomic mass is 32.2. The summed E-state index contributed by atoms with van der Waals surface area (Å²) in [5.41, 5.74) is 6.72. The first-order valence-corrected chi connectivity index (χ1v) is 7.15. The lowest BCUT2D eigenvalue weighted by Gasteiger charge is -2.30. The molecule has 1 atom stereocenters. The maximum Gasteiger partial charge on any atom is 0.253 e. The summed E-state index contributed by atoms with van der Waals surface area (Å²) in [6, 6.07) is 6.79. The van der Waals surface area contributed by atoms with E-state index in [-0.39, 0.29) is 11.7 Å². The van der Waals surface area contributed by atoms with Crippen LogP contribution in [0.3, 0.4) is 0 Å². The van der Waals surface area contributed by atoms with Crippen LogP contribution < -0.4 is 5.73 Å². The average molecular weight is 279 g/mol. The van der Waals surface area contributed by atoms with Crippen LogP contribution in [0.5, 0.6) is 0 Å². The van der Waals surface area contributed by atoms with Crippen molar-refractivity contribution in [3.8, 4) is 0 Å². The van der Waals surface area contributed by atoms with E-state index in [1.165, 1.54) is 0 Å². The Hall–Kier alpha value is -1.69. The van der Waals surface area contributed by atoms with Gasteiger partial charge in [0.1, 0.15) is 0 Å². The largest absolute Gasteiger partial charge is 0.409 e. The second-order valence-corrected chi connectivity index (χ2v) is 6.04. The van der Waals surface area contributed by atoms with Gasteiger partial charge in [0.2, 0.25) is 0 Å². The molecule has 1 unspecified atom stereocenters. The quantitative estimate of drug-likeness (QED) is 0.371. The number of rotatable bonds is 2. The Morgan fingerprint density at radius 1 is 1.42 bits per heavy atom. The van der Waals surface area contributed by atoms with Crippen LogP contribution in [0, 0.1) is 0 Å². The molecule has 2 rings (SSSR count). The molecular weight excluding hydrogens is 262 g/mol. The molecule has 0 aliphatic carbocycles. The van der Waals surface area contributed by atoms with Gasteiger partial charge in [-0.05, 0) is 12.1 Å². The Bertz CT molecular complexity index is 487. The Kier molecular flexibility index (Phi) is 4.31. The van der Waals surface area contributed by atoms with Crippen LogP contribution in [-0.4, -0.2) is 45.9 Å². The van der Waals surface area contributed by atoms with Crippen LogP contribution in [0.15, 0.2) is 29.4 Å². The highest BCUT2D eigenvalue weighted by Gasteiger charge is 2.22. The number of hydrogen-bond acceptors (Lipinski definition) is 4. The lowest BCUT2D eigenvalue weighted by Crippen LogP contribution is -2.41. The van der Waals surface area contributed by atoms with E-state index in [4.69, 9.17) is 10.9 Å². The van der Waals surface area contributed by atoms with Crippen molar-refractivity contribution in [2.45, 2.75) is 12.2 Å². The van der Waals surface area contributed by atoms with Crippen molar-refractivity contribution < 1.29 is 10.0 Å². The fraction of sp³-hybridized carbons (Fsp3) is 0.385. The van der Waals surface area contributed by atoms with Crippen molar-refractivity contribution in [3.63, 3.8) is 0 Å². The van der Waals surface area contributed by atoms with Gasteiger partial charge in [-0.1, -0.05) is 24.2 Å². The summed E-state index contributed by atoms with van der Waals surface area (Å²) in [4.78, 5) is 14.2. The summed E-state index contributed by atoms with van der Waals surface area (Å²) in [5.74, 6) is 1.06. The highest BCUT2D eigenvalue weighted by molar-refractivity contribution is 7.99. The molecule has 1 aliphatic rings. The Morgan fingerprint density at radius 2 is 2.05 bits per heavy atom. The predicted octanol–water partition coefficient (Wildman–Crippen LogP) is 1.36. The second kappa shape index (κ2) is 5.97. The van der Waals surface area contributed by atoms with E-state index in [1.54, 1.807) is 24.3 Å². The average Bonchev–Trinajstić information content (AvgIpc) is 2.46.